The minimum absolute atomic E-state index is 0.138. The molecule has 0 atom stereocenters. The number of hydrogen-bond acceptors (Lipinski definition) is 6. The number of rotatable bonds is 9. The number of hydrogen-bond donors (Lipinski definition) is 1. The lowest BCUT2D eigenvalue weighted by atomic mass is 10.2. The van der Waals surface area contributed by atoms with Crippen molar-refractivity contribution in [2.75, 3.05) is 18.1 Å². The van der Waals surface area contributed by atoms with Gasteiger partial charge in [-0.3, -0.25) is 4.79 Å². The maximum atomic E-state index is 12.2. The molecule has 0 unspecified atom stereocenters. The second kappa shape index (κ2) is 12.9. The topological polar surface area (TPSA) is 59.9 Å². The monoisotopic (exact) mass is 610 g/mol. The van der Waals surface area contributed by atoms with Crippen LogP contribution < -0.4 is 14.9 Å². The van der Waals surface area contributed by atoms with Gasteiger partial charge in [-0.1, -0.05) is 57.3 Å². The first kappa shape index (κ1) is 26.2. The molecule has 1 amide bonds. The zero-order valence-electron chi connectivity index (χ0n) is 18.4. The van der Waals surface area contributed by atoms with Crippen LogP contribution in [0.4, 0.5) is 0 Å². The summed E-state index contributed by atoms with van der Waals surface area (Å²) in [5.41, 5.74) is 5.24. The summed E-state index contributed by atoms with van der Waals surface area (Å²) in [6.45, 7) is 0.121. The summed E-state index contributed by atoms with van der Waals surface area (Å²) in [6.07, 6.45) is 1.52. The fourth-order valence-corrected chi connectivity index (χ4v) is 6.87. The molecule has 1 N–H and O–H groups in total. The second-order valence-corrected chi connectivity index (χ2v) is 11.9. The fourth-order valence-electron chi connectivity index (χ4n) is 3.17. The quantitative estimate of drug-likeness (QED) is 0.203. The number of carbonyl (C=O) groups is 1. The van der Waals surface area contributed by atoms with Gasteiger partial charge in [-0.2, -0.15) is 5.10 Å². The fraction of sp³-hybridized carbons (Fsp3) is 0.200. The summed E-state index contributed by atoms with van der Waals surface area (Å²) in [5, 5.41) is 5.15. The number of halogens is 3. The van der Waals surface area contributed by atoms with Crippen LogP contribution in [0.25, 0.3) is 0 Å². The third-order valence-corrected chi connectivity index (χ3v) is 9.09. The molecule has 1 aliphatic rings. The average Bonchev–Trinajstić information content (AvgIpc) is 3.39. The van der Waals surface area contributed by atoms with Crippen molar-refractivity contribution in [3.8, 4) is 11.5 Å². The molecular formula is C25H21BrCl2N2O3S2. The van der Waals surface area contributed by atoms with Crippen LogP contribution in [0, 0.1) is 0 Å². The maximum absolute atomic E-state index is 12.2. The van der Waals surface area contributed by atoms with Gasteiger partial charge in [0.05, 0.1) is 10.8 Å². The Bertz CT molecular complexity index is 1210. The molecule has 3 aromatic rings. The molecule has 0 aliphatic carbocycles. The molecule has 0 aromatic heterocycles. The van der Waals surface area contributed by atoms with E-state index in [-0.39, 0.29) is 19.1 Å². The Morgan fingerprint density at radius 3 is 2.57 bits per heavy atom. The number of ether oxygens (including phenoxy) is 2. The van der Waals surface area contributed by atoms with Gasteiger partial charge >= 0.3 is 0 Å². The lowest BCUT2D eigenvalue weighted by Gasteiger charge is -2.11. The summed E-state index contributed by atoms with van der Waals surface area (Å²) in [6, 6.07) is 18.6. The molecule has 10 heteroatoms. The molecule has 182 valence electrons. The van der Waals surface area contributed by atoms with Gasteiger partial charge in [-0.25, -0.2) is 5.43 Å². The minimum atomic E-state index is -0.363. The molecule has 5 nitrogen and oxygen atoms in total. The Morgan fingerprint density at radius 1 is 1.06 bits per heavy atom. The van der Waals surface area contributed by atoms with E-state index in [0.717, 1.165) is 10.0 Å². The standard InChI is InChI=1S/C25H21BrCl2N2O3S2/c26-19-4-8-23(33-14-17-1-5-20(27)12-22(17)28)18(11-19)13-29-30-24(31)15-32-21-6-2-16(3-7-21)25-34-9-10-35-25/h1-8,11-13,25H,9-10,14-15H2,(H,30,31)/b29-13-. The molecule has 3 aromatic carbocycles. The van der Waals surface area contributed by atoms with Crippen LogP contribution in [0.3, 0.4) is 0 Å². The van der Waals surface area contributed by atoms with E-state index in [1.165, 1.54) is 23.3 Å². The van der Waals surface area contributed by atoms with E-state index in [0.29, 0.717) is 31.7 Å². The van der Waals surface area contributed by atoms with Gasteiger partial charge < -0.3 is 9.47 Å². The lowest BCUT2D eigenvalue weighted by Crippen LogP contribution is -2.24. The molecule has 0 radical (unpaired) electrons. The molecule has 4 rings (SSSR count). The van der Waals surface area contributed by atoms with Crippen LogP contribution in [0.2, 0.25) is 10.0 Å². The third kappa shape index (κ3) is 7.82. The molecule has 0 bridgehead atoms. The van der Waals surface area contributed by atoms with Gasteiger partial charge in [-0.15, -0.1) is 23.5 Å². The highest BCUT2D eigenvalue weighted by Gasteiger charge is 2.18. The summed E-state index contributed by atoms with van der Waals surface area (Å²) in [4.78, 5) is 12.2. The average molecular weight is 612 g/mol. The normalized spacial score (nSPS) is 13.8. The number of carbonyl (C=O) groups excluding carboxylic acids is 1. The Hall–Kier alpha value is -1.84. The predicted molar refractivity (Wildman–Crippen MR) is 150 cm³/mol. The van der Waals surface area contributed by atoms with Crippen LogP contribution in [-0.4, -0.2) is 30.2 Å². The van der Waals surface area contributed by atoms with E-state index in [1.54, 1.807) is 12.1 Å². The van der Waals surface area contributed by atoms with Crippen molar-refractivity contribution in [1.82, 2.24) is 5.43 Å². The van der Waals surface area contributed by atoms with Crippen molar-refractivity contribution < 1.29 is 14.3 Å². The molecule has 0 spiro atoms. The molecule has 1 aliphatic heterocycles. The zero-order chi connectivity index (χ0) is 24.6. The highest BCUT2D eigenvalue weighted by atomic mass is 79.9. The maximum Gasteiger partial charge on any atom is 0.277 e. The number of thioether (sulfide) groups is 2. The van der Waals surface area contributed by atoms with E-state index in [9.17, 15) is 4.79 Å². The first-order valence-corrected chi connectivity index (χ1v) is 14.3. The smallest absolute Gasteiger partial charge is 0.277 e. The zero-order valence-corrected chi connectivity index (χ0v) is 23.1. The Balaban J connectivity index is 1.29. The Morgan fingerprint density at radius 2 is 1.83 bits per heavy atom. The SMILES string of the molecule is O=C(COc1ccc(C2SCCS2)cc1)N/N=C\c1cc(Br)ccc1OCc1ccc(Cl)cc1Cl. The Labute approximate surface area is 231 Å². The number of benzene rings is 3. The number of nitrogens with one attached hydrogen (secondary N) is 1. The number of hydrazone groups is 1. The molecular weight excluding hydrogens is 591 g/mol. The summed E-state index contributed by atoms with van der Waals surface area (Å²) < 4.78 is 12.8. The third-order valence-electron chi connectivity index (χ3n) is 4.91. The molecule has 1 heterocycles. The number of nitrogens with zero attached hydrogens (tertiary/aromatic N) is 1. The van der Waals surface area contributed by atoms with Crippen LogP contribution in [-0.2, 0) is 11.4 Å². The van der Waals surface area contributed by atoms with Crippen LogP contribution in [0.15, 0.2) is 70.2 Å². The minimum Gasteiger partial charge on any atom is -0.488 e. The van der Waals surface area contributed by atoms with E-state index in [1.807, 2.05) is 72.1 Å². The van der Waals surface area contributed by atoms with Crippen molar-refractivity contribution in [3.63, 3.8) is 0 Å². The van der Waals surface area contributed by atoms with Crippen molar-refractivity contribution in [2.24, 2.45) is 5.10 Å². The summed E-state index contributed by atoms with van der Waals surface area (Å²) >= 11 is 19.5. The predicted octanol–water partition coefficient (Wildman–Crippen LogP) is 7.34. The van der Waals surface area contributed by atoms with Gasteiger partial charge in [0, 0.05) is 37.2 Å². The van der Waals surface area contributed by atoms with Crippen molar-refractivity contribution in [1.29, 1.82) is 0 Å². The summed E-state index contributed by atoms with van der Waals surface area (Å²) in [5.74, 6) is 3.23. The van der Waals surface area contributed by atoms with Crippen molar-refractivity contribution >= 4 is 74.8 Å². The molecule has 1 fully saturated rings. The molecule has 0 saturated carbocycles. The van der Waals surface area contributed by atoms with Gasteiger partial charge in [0.2, 0.25) is 0 Å². The van der Waals surface area contributed by atoms with Crippen molar-refractivity contribution in [2.45, 2.75) is 11.2 Å². The second-order valence-electron chi connectivity index (χ2n) is 7.43. The van der Waals surface area contributed by atoms with Crippen molar-refractivity contribution in [3.05, 3.63) is 91.9 Å². The molecule has 35 heavy (non-hydrogen) atoms. The lowest BCUT2D eigenvalue weighted by molar-refractivity contribution is -0.123. The highest BCUT2D eigenvalue weighted by Crippen LogP contribution is 2.45. The van der Waals surface area contributed by atoms with Gasteiger partial charge in [0.25, 0.3) is 5.91 Å². The number of amides is 1. The van der Waals surface area contributed by atoms with Gasteiger partial charge in [0.1, 0.15) is 18.1 Å². The first-order chi connectivity index (χ1) is 17.0. The van der Waals surface area contributed by atoms with E-state index >= 15 is 0 Å². The van der Waals surface area contributed by atoms with E-state index in [2.05, 4.69) is 26.5 Å². The largest absolute Gasteiger partial charge is 0.488 e. The van der Waals surface area contributed by atoms with Crippen LogP contribution >= 0.6 is 62.7 Å². The van der Waals surface area contributed by atoms with Crippen LogP contribution in [0.5, 0.6) is 11.5 Å². The summed E-state index contributed by atoms with van der Waals surface area (Å²) in [7, 11) is 0. The highest BCUT2D eigenvalue weighted by molar-refractivity contribution is 9.10. The van der Waals surface area contributed by atoms with E-state index < -0.39 is 0 Å². The molecule has 1 saturated heterocycles. The van der Waals surface area contributed by atoms with Crippen LogP contribution in [0.1, 0.15) is 21.3 Å². The Kier molecular flexibility index (Phi) is 9.68. The van der Waals surface area contributed by atoms with E-state index in [4.69, 9.17) is 32.7 Å². The first-order valence-electron chi connectivity index (χ1n) is 10.6. The van der Waals surface area contributed by atoms with Gasteiger partial charge in [0.15, 0.2) is 6.61 Å². The van der Waals surface area contributed by atoms with Gasteiger partial charge in [-0.05, 0) is 48.0 Å².